The number of benzene rings is 1. The first-order valence-corrected chi connectivity index (χ1v) is 6.50. The van der Waals surface area contributed by atoms with Gasteiger partial charge in [-0.3, -0.25) is 0 Å². The first-order chi connectivity index (χ1) is 7.75. The maximum absolute atomic E-state index is 13.8. The lowest BCUT2D eigenvalue weighted by molar-refractivity contribution is 0.137. The van der Waals surface area contributed by atoms with Crippen molar-refractivity contribution in [3.8, 4) is 0 Å². The molecule has 0 amide bonds. The van der Waals surface area contributed by atoms with Crippen LogP contribution in [0.5, 0.6) is 0 Å². The fourth-order valence-electron chi connectivity index (χ4n) is 2.36. The Bertz CT molecular complexity index is 496. The third-order valence-corrected chi connectivity index (χ3v) is 4.06. The van der Waals surface area contributed by atoms with Gasteiger partial charge in [-0.15, -0.1) is 0 Å². The topological polar surface area (TPSA) is 26.3 Å². The monoisotopic (exact) mass is 238 g/mol. The first-order valence-electron chi connectivity index (χ1n) is 5.25. The van der Waals surface area contributed by atoms with Gasteiger partial charge in [-0.2, -0.15) is 0 Å². The Balaban J connectivity index is 2.15. The lowest BCUT2D eigenvalue weighted by Gasteiger charge is -2.28. The van der Waals surface area contributed by atoms with E-state index in [2.05, 4.69) is 0 Å². The van der Waals surface area contributed by atoms with E-state index in [0.29, 0.717) is 11.3 Å². The summed E-state index contributed by atoms with van der Waals surface area (Å²) >= 11 is -1.50. The lowest BCUT2D eigenvalue weighted by Crippen LogP contribution is -2.25. The van der Waals surface area contributed by atoms with Crippen molar-refractivity contribution in [3.63, 3.8) is 0 Å². The molecule has 0 fully saturated rings. The summed E-state index contributed by atoms with van der Waals surface area (Å²) in [6.07, 6.45) is 0.159. The predicted octanol–water partition coefficient (Wildman–Crippen LogP) is 2.38. The third-order valence-electron chi connectivity index (χ3n) is 3.10. The predicted molar refractivity (Wildman–Crippen MR) is 60.7 cm³/mol. The highest BCUT2D eigenvalue weighted by atomic mass is 32.2. The Morgan fingerprint density at radius 2 is 2.12 bits per heavy atom. The molecule has 2 nitrogen and oxygen atoms in total. The molecule has 0 N–H and O–H groups in total. The van der Waals surface area contributed by atoms with Crippen LogP contribution in [0.3, 0.4) is 0 Å². The van der Waals surface area contributed by atoms with E-state index in [-0.39, 0.29) is 0 Å². The van der Waals surface area contributed by atoms with Gasteiger partial charge >= 0.3 is 0 Å². The molecule has 0 bridgehead atoms. The maximum Gasteiger partial charge on any atom is 0.240 e. The second-order valence-electron chi connectivity index (χ2n) is 4.03. The molecule has 2 aliphatic rings. The molecule has 0 radical (unpaired) electrons. The van der Waals surface area contributed by atoms with Crippen molar-refractivity contribution in [3.05, 3.63) is 41.0 Å². The maximum atomic E-state index is 13.8. The van der Waals surface area contributed by atoms with Gasteiger partial charge in [0.2, 0.25) is 6.36 Å². The van der Waals surface area contributed by atoms with E-state index < -0.39 is 17.4 Å². The smallest absolute Gasteiger partial charge is 0.240 e. The molecule has 1 aromatic rings. The number of rotatable bonds is 0. The average Bonchev–Trinajstić information content (AvgIpc) is 2.28. The highest BCUT2D eigenvalue weighted by Gasteiger charge is 2.32. The van der Waals surface area contributed by atoms with E-state index in [1.807, 2.05) is 24.3 Å². The quantitative estimate of drug-likeness (QED) is 0.693. The molecule has 16 heavy (non-hydrogen) atoms. The molecule has 0 aromatic heterocycles. The molecular weight excluding hydrogens is 227 g/mol. The SMILES string of the molecule is O=S1CC2=C(c3ccccc3CC2)[C@H](F)O1. The van der Waals surface area contributed by atoms with Crippen LogP contribution in [0.4, 0.5) is 4.39 Å². The molecule has 1 heterocycles. The van der Waals surface area contributed by atoms with E-state index in [1.165, 1.54) is 0 Å². The van der Waals surface area contributed by atoms with Gasteiger partial charge in [-0.25, -0.2) is 12.8 Å². The van der Waals surface area contributed by atoms with Gasteiger partial charge in [0.1, 0.15) is 0 Å². The van der Waals surface area contributed by atoms with Crippen LogP contribution in [0.15, 0.2) is 29.8 Å². The van der Waals surface area contributed by atoms with Crippen molar-refractivity contribution in [1.29, 1.82) is 0 Å². The number of aryl methyl sites for hydroxylation is 1. The summed E-state index contributed by atoms with van der Waals surface area (Å²) < 4.78 is 29.8. The fourth-order valence-corrected chi connectivity index (χ4v) is 3.30. The zero-order valence-corrected chi connectivity index (χ0v) is 9.43. The summed E-state index contributed by atoms with van der Waals surface area (Å²) in [5.41, 5.74) is 3.64. The van der Waals surface area contributed by atoms with Crippen LogP contribution in [0.25, 0.3) is 5.57 Å². The Morgan fingerprint density at radius 3 is 3.00 bits per heavy atom. The van der Waals surface area contributed by atoms with E-state index in [1.54, 1.807) is 0 Å². The number of hydrogen-bond donors (Lipinski definition) is 0. The summed E-state index contributed by atoms with van der Waals surface area (Å²) in [7, 11) is 0. The van der Waals surface area contributed by atoms with Crippen molar-refractivity contribution in [1.82, 2.24) is 0 Å². The standard InChI is InChI=1S/C12H11FO2S/c13-12-11-9(7-16(14)15-12)6-5-8-3-1-2-4-10(8)11/h1-4,12H,5-7H2/t12-,16?/m1/s1. The summed E-state index contributed by atoms with van der Waals surface area (Å²) in [5, 5.41) is 0. The highest BCUT2D eigenvalue weighted by molar-refractivity contribution is 7.80. The van der Waals surface area contributed by atoms with Crippen molar-refractivity contribution in [2.75, 3.05) is 5.75 Å². The number of alkyl halides is 1. The van der Waals surface area contributed by atoms with Crippen LogP contribution in [-0.2, 0) is 21.7 Å². The van der Waals surface area contributed by atoms with Gasteiger partial charge in [-0.1, -0.05) is 24.3 Å². The highest BCUT2D eigenvalue weighted by Crippen LogP contribution is 2.38. The van der Waals surface area contributed by atoms with Crippen molar-refractivity contribution in [2.45, 2.75) is 19.2 Å². The van der Waals surface area contributed by atoms with E-state index in [4.69, 9.17) is 4.18 Å². The molecule has 4 heteroatoms. The zero-order valence-electron chi connectivity index (χ0n) is 8.61. The van der Waals surface area contributed by atoms with Gasteiger partial charge < -0.3 is 0 Å². The van der Waals surface area contributed by atoms with Crippen LogP contribution < -0.4 is 0 Å². The van der Waals surface area contributed by atoms with Gasteiger partial charge in [0, 0.05) is 5.57 Å². The van der Waals surface area contributed by atoms with E-state index in [0.717, 1.165) is 29.5 Å². The van der Waals surface area contributed by atoms with Gasteiger partial charge in [0.15, 0.2) is 11.1 Å². The minimum Gasteiger partial charge on any atom is -0.249 e. The lowest BCUT2D eigenvalue weighted by atomic mass is 9.86. The first kappa shape index (κ1) is 10.2. The Hall–Kier alpha value is -1.00. The number of hydrogen-bond acceptors (Lipinski definition) is 2. The molecule has 0 saturated carbocycles. The summed E-state index contributed by atoms with van der Waals surface area (Å²) in [5.74, 6) is 0.351. The molecule has 1 aromatic carbocycles. The average molecular weight is 238 g/mol. The molecule has 0 saturated heterocycles. The van der Waals surface area contributed by atoms with Gasteiger partial charge in [0.25, 0.3) is 0 Å². The Morgan fingerprint density at radius 1 is 1.31 bits per heavy atom. The summed E-state index contributed by atoms with van der Waals surface area (Å²) in [6, 6.07) is 7.78. The van der Waals surface area contributed by atoms with Crippen molar-refractivity contribution < 1.29 is 12.8 Å². The van der Waals surface area contributed by atoms with Crippen LogP contribution in [-0.4, -0.2) is 16.3 Å². The minimum absolute atomic E-state index is 0.351. The Labute approximate surface area is 95.8 Å². The Kier molecular flexibility index (Phi) is 2.41. The molecular formula is C12H11FO2S. The number of fused-ring (bicyclic) bond motifs is 2. The van der Waals surface area contributed by atoms with E-state index in [9.17, 15) is 8.60 Å². The second kappa shape index (κ2) is 3.79. The van der Waals surface area contributed by atoms with Crippen molar-refractivity contribution in [2.24, 2.45) is 0 Å². The van der Waals surface area contributed by atoms with E-state index >= 15 is 0 Å². The second-order valence-corrected chi connectivity index (χ2v) is 5.12. The fraction of sp³-hybridized carbons (Fsp3) is 0.333. The zero-order chi connectivity index (χ0) is 11.1. The summed E-state index contributed by atoms with van der Waals surface area (Å²) in [4.78, 5) is 0. The molecule has 1 aliphatic heterocycles. The molecule has 0 spiro atoms. The largest absolute Gasteiger partial charge is 0.249 e. The van der Waals surface area contributed by atoms with Crippen LogP contribution in [0.1, 0.15) is 17.5 Å². The molecule has 84 valence electrons. The molecule has 3 rings (SSSR count). The molecule has 1 unspecified atom stereocenters. The van der Waals surface area contributed by atoms with Crippen molar-refractivity contribution >= 4 is 16.7 Å². The van der Waals surface area contributed by atoms with Crippen LogP contribution in [0.2, 0.25) is 0 Å². The minimum atomic E-state index is -1.54. The summed E-state index contributed by atoms with van der Waals surface area (Å²) in [6.45, 7) is 0. The number of halogens is 1. The van der Waals surface area contributed by atoms with Gasteiger partial charge in [0.05, 0.1) is 5.75 Å². The van der Waals surface area contributed by atoms with Crippen LogP contribution in [0, 0.1) is 0 Å². The van der Waals surface area contributed by atoms with Crippen LogP contribution >= 0.6 is 0 Å². The van der Waals surface area contributed by atoms with Gasteiger partial charge in [-0.05, 0) is 29.5 Å². The third kappa shape index (κ3) is 1.53. The molecule has 1 aliphatic carbocycles. The molecule has 2 atom stereocenters. The normalized spacial score (nSPS) is 28.6.